The molecule has 96 valence electrons. The molecular weight excluding hydrogens is 272 g/mol. The summed E-state index contributed by atoms with van der Waals surface area (Å²) in [7, 11) is 0. The standard InChI is InChI=1S/C16H9ClN2O/c17-14-6-8-15(9-7-14)20-16(13(10-18)11-19)12-4-2-1-3-5-12/h1-9H. The molecule has 0 aromatic heterocycles. The van der Waals surface area contributed by atoms with Crippen LogP contribution in [0.15, 0.2) is 60.2 Å². The van der Waals surface area contributed by atoms with Crippen LogP contribution >= 0.6 is 11.6 Å². The van der Waals surface area contributed by atoms with Gasteiger partial charge in [-0.15, -0.1) is 0 Å². The van der Waals surface area contributed by atoms with Gasteiger partial charge >= 0.3 is 0 Å². The summed E-state index contributed by atoms with van der Waals surface area (Å²) in [6, 6.07) is 19.4. The Morgan fingerprint density at radius 3 is 2.05 bits per heavy atom. The molecule has 0 aliphatic rings. The molecule has 0 spiro atoms. The Bertz CT molecular complexity index is 691. The van der Waals surface area contributed by atoms with E-state index in [2.05, 4.69) is 0 Å². The van der Waals surface area contributed by atoms with Gasteiger partial charge in [0.25, 0.3) is 0 Å². The van der Waals surface area contributed by atoms with Gasteiger partial charge in [0, 0.05) is 10.6 Å². The minimum absolute atomic E-state index is 0.0776. The minimum atomic E-state index is -0.0776. The van der Waals surface area contributed by atoms with E-state index in [1.54, 1.807) is 36.4 Å². The Labute approximate surface area is 121 Å². The number of allylic oxidation sites excluding steroid dienone is 1. The largest absolute Gasteiger partial charge is 0.455 e. The molecule has 2 aromatic rings. The SMILES string of the molecule is N#CC(C#N)=C(Oc1ccc(Cl)cc1)c1ccccc1. The second kappa shape index (κ2) is 6.43. The normalized spacial score (nSPS) is 9.15. The van der Waals surface area contributed by atoms with Crippen LogP contribution in [0.2, 0.25) is 5.02 Å². The fraction of sp³-hybridized carbons (Fsp3) is 0. The predicted octanol–water partition coefficient (Wildman–Crippen LogP) is 4.18. The van der Waals surface area contributed by atoms with Gasteiger partial charge in [0.2, 0.25) is 0 Å². The fourth-order valence-electron chi connectivity index (χ4n) is 1.59. The molecule has 0 saturated carbocycles. The second-order valence-corrected chi connectivity index (χ2v) is 4.29. The van der Waals surface area contributed by atoms with Crippen LogP contribution in [0.1, 0.15) is 5.56 Å². The summed E-state index contributed by atoms with van der Waals surface area (Å²) in [5.41, 5.74) is 0.590. The monoisotopic (exact) mass is 280 g/mol. The molecule has 0 saturated heterocycles. The number of rotatable bonds is 3. The topological polar surface area (TPSA) is 56.8 Å². The van der Waals surface area contributed by atoms with Crippen molar-refractivity contribution < 1.29 is 4.74 Å². The molecule has 0 radical (unpaired) electrons. The van der Waals surface area contributed by atoms with Gasteiger partial charge in [0.05, 0.1) is 0 Å². The van der Waals surface area contributed by atoms with Crippen molar-refractivity contribution in [3.63, 3.8) is 0 Å². The molecule has 0 aliphatic heterocycles. The first-order valence-electron chi connectivity index (χ1n) is 5.78. The summed E-state index contributed by atoms with van der Waals surface area (Å²) in [5.74, 6) is 0.745. The molecule has 0 atom stereocenters. The van der Waals surface area contributed by atoms with Crippen LogP contribution < -0.4 is 4.74 Å². The van der Waals surface area contributed by atoms with E-state index in [1.807, 2.05) is 30.3 Å². The zero-order valence-corrected chi connectivity index (χ0v) is 11.1. The van der Waals surface area contributed by atoms with Crippen molar-refractivity contribution in [1.82, 2.24) is 0 Å². The lowest BCUT2D eigenvalue weighted by molar-refractivity contribution is 0.513. The average Bonchev–Trinajstić information content (AvgIpc) is 2.50. The first-order valence-corrected chi connectivity index (χ1v) is 6.15. The Hall–Kier alpha value is -2.75. The first kappa shape index (κ1) is 13.7. The van der Waals surface area contributed by atoms with Crippen molar-refractivity contribution in [1.29, 1.82) is 10.5 Å². The van der Waals surface area contributed by atoms with E-state index in [4.69, 9.17) is 26.9 Å². The Kier molecular flexibility index (Phi) is 4.39. The van der Waals surface area contributed by atoms with Gasteiger partial charge in [0.1, 0.15) is 17.9 Å². The highest BCUT2D eigenvalue weighted by atomic mass is 35.5. The van der Waals surface area contributed by atoms with Crippen LogP contribution in [0.4, 0.5) is 0 Å². The van der Waals surface area contributed by atoms with Crippen molar-refractivity contribution in [2.75, 3.05) is 0 Å². The van der Waals surface area contributed by atoms with Gasteiger partial charge in [-0.3, -0.25) is 0 Å². The van der Waals surface area contributed by atoms with Crippen LogP contribution in [0, 0.1) is 22.7 Å². The van der Waals surface area contributed by atoms with Crippen LogP contribution in [0.25, 0.3) is 5.76 Å². The minimum Gasteiger partial charge on any atom is -0.455 e. The van der Waals surface area contributed by atoms with Gasteiger partial charge in [0.15, 0.2) is 11.3 Å². The summed E-state index contributed by atoms with van der Waals surface area (Å²) in [5, 5.41) is 18.7. The van der Waals surface area contributed by atoms with Gasteiger partial charge in [-0.2, -0.15) is 10.5 Å². The highest BCUT2D eigenvalue weighted by Crippen LogP contribution is 2.25. The van der Waals surface area contributed by atoms with E-state index >= 15 is 0 Å². The summed E-state index contributed by atoms with van der Waals surface area (Å²) in [4.78, 5) is 0. The number of halogens is 1. The summed E-state index contributed by atoms with van der Waals surface area (Å²) < 4.78 is 5.68. The lowest BCUT2D eigenvalue weighted by atomic mass is 10.1. The Balaban J connectivity index is 2.45. The molecular formula is C16H9ClN2O. The number of nitriles is 2. The molecule has 2 rings (SSSR count). The molecule has 0 amide bonds. The molecule has 4 heteroatoms. The van der Waals surface area contributed by atoms with Crippen molar-refractivity contribution in [2.24, 2.45) is 0 Å². The van der Waals surface area contributed by atoms with Crippen LogP contribution in [0.5, 0.6) is 5.75 Å². The third-order valence-corrected chi connectivity index (χ3v) is 2.77. The molecule has 0 unspecified atom stereocenters. The molecule has 3 nitrogen and oxygen atoms in total. The van der Waals surface area contributed by atoms with Crippen LogP contribution in [0.3, 0.4) is 0 Å². The Morgan fingerprint density at radius 1 is 0.900 bits per heavy atom. The number of ether oxygens (including phenoxy) is 1. The molecule has 2 aromatic carbocycles. The summed E-state index contributed by atoms with van der Waals surface area (Å²) >= 11 is 5.81. The van der Waals surface area contributed by atoms with E-state index in [9.17, 15) is 0 Å². The number of nitrogens with zero attached hydrogens (tertiary/aromatic N) is 2. The van der Waals surface area contributed by atoms with Gasteiger partial charge in [-0.1, -0.05) is 41.9 Å². The van der Waals surface area contributed by atoms with E-state index in [0.29, 0.717) is 16.3 Å². The molecule has 0 fully saturated rings. The summed E-state index contributed by atoms with van der Waals surface area (Å²) in [6.07, 6.45) is 0. The van der Waals surface area contributed by atoms with E-state index in [-0.39, 0.29) is 11.3 Å². The lowest BCUT2D eigenvalue weighted by Crippen LogP contribution is -1.98. The molecule has 0 N–H and O–H groups in total. The zero-order valence-electron chi connectivity index (χ0n) is 10.4. The molecule has 0 bridgehead atoms. The van der Waals surface area contributed by atoms with Crippen LogP contribution in [-0.2, 0) is 0 Å². The maximum atomic E-state index is 9.05. The summed E-state index contributed by atoms with van der Waals surface area (Å²) in [6.45, 7) is 0. The third-order valence-electron chi connectivity index (χ3n) is 2.52. The molecule has 0 heterocycles. The van der Waals surface area contributed by atoms with Crippen LogP contribution in [-0.4, -0.2) is 0 Å². The fourth-order valence-corrected chi connectivity index (χ4v) is 1.72. The van der Waals surface area contributed by atoms with E-state index < -0.39 is 0 Å². The smallest absolute Gasteiger partial charge is 0.172 e. The van der Waals surface area contributed by atoms with Crippen molar-refractivity contribution in [3.05, 3.63) is 70.8 Å². The highest BCUT2D eigenvalue weighted by Gasteiger charge is 2.11. The quantitative estimate of drug-likeness (QED) is 0.626. The number of benzene rings is 2. The highest BCUT2D eigenvalue weighted by molar-refractivity contribution is 6.30. The molecule has 0 aliphatic carbocycles. The third kappa shape index (κ3) is 3.17. The van der Waals surface area contributed by atoms with Gasteiger partial charge in [-0.25, -0.2) is 0 Å². The van der Waals surface area contributed by atoms with E-state index in [1.165, 1.54) is 0 Å². The lowest BCUT2D eigenvalue weighted by Gasteiger charge is -2.10. The predicted molar refractivity (Wildman–Crippen MR) is 76.7 cm³/mol. The zero-order chi connectivity index (χ0) is 14.4. The van der Waals surface area contributed by atoms with Gasteiger partial charge < -0.3 is 4.74 Å². The first-order chi connectivity index (χ1) is 9.74. The average molecular weight is 281 g/mol. The Morgan fingerprint density at radius 2 is 1.50 bits per heavy atom. The maximum absolute atomic E-state index is 9.05. The van der Waals surface area contributed by atoms with Crippen molar-refractivity contribution in [3.8, 4) is 17.9 Å². The number of hydrogen-bond acceptors (Lipinski definition) is 3. The second-order valence-electron chi connectivity index (χ2n) is 3.85. The van der Waals surface area contributed by atoms with Gasteiger partial charge in [-0.05, 0) is 24.3 Å². The van der Waals surface area contributed by atoms with Crippen molar-refractivity contribution in [2.45, 2.75) is 0 Å². The van der Waals surface area contributed by atoms with E-state index in [0.717, 1.165) is 0 Å². The number of hydrogen-bond donors (Lipinski definition) is 0. The maximum Gasteiger partial charge on any atom is 0.172 e. The molecule has 20 heavy (non-hydrogen) atoms. The van der Waals surface area contributed by atoms with Crippen molar-refractivity contribution >= 4 is 17.4 Å².